The number of rotatable bonds is 3. The summed E-state index contributed by atoms with van der Waals surface area (Å²) in [5.41, 5.74) is 2.81. The highest BCUT2D eigenvalue weighted by Gasteiger charge is 2.29. The van der Waals surface area contributed by atoms with Crippen LogP contribution in [0.2, 0.25) is 0 Å². The van der Waals surface area contributed by atoms with Crippen LogP contribution < -0.4 is 10.6 Å². The molecule has 0 aliphatic heterocycles. The van der Waals surface area contributed by atoms with Gasteiger partial charge in [0.05, 0.1) is 6.10 Å². The third-order valence-electron chi connectivity index (χ3n) is 5.01. The molecule has 0 bridgehead atoms. The van der Waals surface area contributed by atoms with Crippen molar-refractivity contribution in [2.24, 2.45) is 0 Å². The molecule has 1 fully saturated rings. The van der Waals surface area contributed by atoms with E-state index in [-0.39, 0.29) is 12.1 Å². The van der Waals surface area contributed by atoms with Crippen molar-refractivity contribution in [1.82, 2.24) is 5.32 Å². The van der Waals surface area contributed by atoms with Gasteiger partial charge in [-0.25, -0.2) is 4.79 Å². The number of hydrogen-bond acceptors (Lipinski definition) is 4. The van der Waals surface area contributed by atoms with Gasteiger partial charge in [0.25, 0.3) is 0 Å². The summed E-state index contributed by atoms with van der Waals surface area (Å²) in [6, 6.07) is 6.55. The summed E-state index contributed by atoms with van der Waals surface area (Å²) in [4.78, 5) is 11.9. The van der Waals surface area contributed by atoms with E-state index in [0.717, 1.165) is 37.8 Å². The number of fused-ring (bicyclic) bond motifs is 1. The van der Waals surface area contributed by atoms with Crippen molar-refractivity contribution < 1.29 is 14.6 Å². The number of hydrogen-bond donors (Lipinski definition) is 3. The van der Waals surface area contributed by atoms with Gasteiger partial charge in [0, 0.05) is 17.8 Å². The number of carbonyl (C=O) groups excluding carboxylic acids is 1. The Morgan fingerprint density at radius 1 is 1.20 bits per heavy atom. The Balaban J connectivity index is 1.63. The fraction of sp³-hybridized carbons (Fsp3) is 0.650. The standard InChI is InChI=1S/C20H30N2O3/c1-20(2,3)25-19(24)21-14-9-10-15-13(12-14)8-11-16(15)22-17-6-4-5-7-18(17)23/h9-10,12,16-18,22-23H,4-8,11H2,1-3H3,(H,21,24). The van der Waals surface area contributed by atoms with Crippen LogP contribution in [0.5, 0.6) is 0 Å². The van der Waals surface area contributed by atoms with E-state index < -0.39 is 11.7 Å². The second-order valence-corrected chi connectivity index (χ2v) is 8.26. The van der Waals surface area contributed by atoms with Crippen LogP contribution in [0.3, 0.4) is 0 Å². The number of aliphatic hydroxyl groups excluding tert-OH is 1. The molecular formula is C20H30N2O3. The largest absolute Gasteiger partial charge is 0.444 e. The maximum Gasteiger partial charge on any atom is 0.412 e. The molecule has 1 amide bonds. The van der Waals surface area contributed by atoms with Crippen LogP contribution in [0.15, 0.2) is 18.2 Å². The average Bonchev–Trinajstić information content (AvgIpc) is 2.90. The fourth-order valence-corrected chi connectivity index (χ4v) is 3.85. The van der Waals surface area contributed by atoms with Crippen molar-refractivity contribution in [1.29, 1.82) is 0 Å². The lowest BCUT2D eigenvalue weighted by molar-refractivity contribution is 0.0636. The van der Waals surface area contributed by atoms with Gasteiger partial charge in [0.15, 0.2) is 0 Å². The lowest BCUT2D eigenvalue weighted by Gasteiger charge is -2.31. The molecule has 0 aromatic heterocycles. The van der Waals surface area contributed by atoms with Gasteiger partial charge in [0.2, 0.25) is 0 Å². The molecule has 1 aromatic rings. The first-order valence-corrected chi connectivity index (χ1v) is 9.39. The summed E-state index contributed by atoms with van der Waals surface area (Å²) in [6.07, 6.45) is 5.62. The van der Waals surface area contributed by atoms with Crippen molar-refractivity contribution in [3.8, 4) is 0 Å². The van der Waals surface area contributed by atoms with Crippen molar-refractivity contribution in [2.45, 2.75) is 83.1 Å². The highest BCUT2D eigenvalue weighted by Crippen LogP contribution is 2.34. The Bertz CT molecular complexity index is 624. The molecule has 3 rings (SSSR count). The van der Waals surface area contributed by atoms with Crippen LogP contribution in [-0.2, 0) is 11.2 Å². The zero-order valence-electron chi connectivity index (χ0n) is 15.5. The average molecular weight is 346 g/mol. The van der Waals surface area contributed by atoms with Crippen LogP contribution in [0.4, 0.5) is 10.5 Å². The molecule has 138 valence electrons. The normalized spacial score (nSPS) is 26.2. The quantitative estimate of drug-likeness (QED) is 0.776. The minimum Gasteiger partial charge on any atom is -0.444 e. The van der Waals surface area contributed by atoms with Crippen LogP contribution in [-0.4, -0.2) is 28.9 Å². The highest BCUT2D eigenvalue weighted by atomic mass is 16.6. The van der Waals surface area contributed by atoms with Gasteiger partial charge in [-0.05, 0) is 69.7 Å². The van der Waals surface area contributed by atoms with Crippen LogP contribution in [0.1, 0.15) is 70.0 Å². The molecule has 0 spiro atoms. The summed E-state index contributed by atoms with van der Waals surface area (Å²) in [5, 5.41) is 16.7. The molecule has 0 saturated heterocycles. The number of aryl methyl sites for hydroxylation is 1. The minimum atomic E-state index is -0.503. The van der Waals surface area contributed by atoms with E-state index in [1.807, 2.05) is 32.9 Å². The molecule has 5 nitrogen and oxygen atoms in total. The maximum atomic E-state index is 11.9. The maximum absolute atomic E-state index is 11.9. The molecule has 1 saturated carbocycles. The van der Waals surface area contributed by atoms with Crippen molar-refractivity contribution in [2.75, 3.05) is 5.32 Å². The Morgan fingerprint density at radius 2 is 1.96 bits per heavy atom. The zero-order chi connectivity index (χ0) is 18.0. The van der Waals surface area contributed by atoms with Gasteiger partial charge in [0.1, 0.15) is 5.60 Å². The van der Waals surface area contributed by atoms with Gasteiger partial charge in [-0.2, -0.15) is 0 Å². The Hall–Kier alpha value is -1.59. The van der Waals surface area contributed by atoms with E-state index >= 15 is 0 Å². The lowest BCUT2D eigenvalue weighted by atomic mass is 9.91. The molecule has 0 radical (unpaired) electrons. The second kappa shape index (κ2) is 7.34. The monoisotopic (exact) mass is 346 g/mol. The number of ether oxygens (including phenoxy) is 1. The van der Waals surface area contributed by atoms with E-state index in [9.17, 15) is 9.90 Å². The first-order valence-electron chi connectivity index (χ1n) is 9.39. The Kier molecular flexibility index (Phi) is 5.35. The first kappa shape index (κ1) is 18.2. The topological polar surface area (TPSA) is 70.6 Å². The zero-order valence-corrected chi connectivity index (χ0v) is 15.5. The Labute approximate surface area is 150 Å². The molecule has 2 aliphatic rings. The van der Waals surface area contributed by atoms with Crippen molar-refractivity contribution >= 4 is 11.8 Å². The second-order valence-electron chi connectivity index (χ2n) is 8.26. The molecule has 1 aromatic carbocycles. The summed E-state index contributed by atoms with van der Waals surface area (Å²) in [5.74, 6) is 0. The molecule has 5 heteroatoms. The lowest BCUT2D eigenvalue weighted by Crippen LogP contribution is -2.43. The van der Waals surface area contributed by atoms with Crippen LogP contribution in [0.25, 0.3) is 0 Å². The number of anilines is 1. The van der Waals surface area contributed by atoms with Gasteiger partial charge in [-0.3, -0.25) is 5.32 Å². The predicted molar refractivity (Wildman–Crippen MR) is 98.8 cm³/mol. The Morgan fingerprint density at radius 3 is 2.68 bits per heavy atom. The van der Waals surface area contributed by atoms with Crippen LogP contribution in [0, 0.1) is 0 Å². The first-order chi connectivity index (χ1) is 11.8. The summed E-state index contributed by atoms with van der Waals surface area (Å²) in [7, 11) is 0. The third-order valence-corrected chi connectivity index (χ3v) is 5.01. The molecule has 3 unspecified atom stereocenters. The third kappa shape index (κ3) is 4.73. The molecule has 3 atom stereocenters. The van der Waals surface area contributed by atoms with Crippen molar-refractivity contribution in [3.63, 3.8) is 0 Å². The number of nitrogens with one attached hydrogen (secondary N) is 2. The van der Waals surface area contributed by atoms with E-state index in [1.165, 1.54) is 17.5 Å². The van der Waals surface area contributed by atoms with E-state index in [2.05, 4.69) is 16.7 Å². The number of carbonyl (C=O) groups is 1. The number of aliphatic hydroxyl groups is 1. The van der Waals surface area contributed by atoms with Crippen LogP contribution >= 0.6 is 0 Å². The summed E-state index contributed by atoms with van der Waals surface area (Å²) in [6.45, 7) is 5.56. The molecule has 0 heterocycles. The van der Waals surface area contributed by atoms with Gasteiger partial charge >= 0.3 is 6.09 Å². The number of amides is 1. The smallest absolute Gasteiger partial charge is 0.412 e. The van der Waals surface area contributed by atoms with Gasteiger partial charge in [-0.15, -0.1) is 0 Å². The molecular weight excluding hydrogens is 316 g/mol. The number of benzene rings is 1. The molecule has 25 heavy (non-hydrogen) atoms. The van der Waals surface area contributed by atoms with Crippen molar-refractivity contribution in [3.05, 3.63) is 29.3 Å². The summed E-state index contributed by atoms with van der Waals surface area (Å²) < 4.78 is 5.30. The molecule has 2 aliphatic carbocycles. The van der Waals surface area contributed by atoms with E-state index in [4.69, 9.17) is 4.74 Å². The highest BCUT2D eigenvalue weighted by molar-refractivity contribution is 5.85. The minimum absolute atomic E-state index is 0.198. The van der Waals surface area contributed by atoms with Gasteiger partial charge in [-0.1, -0.05) is 18.9 Å². The van der Waals surface area contributed by atoms with E-state index in [0.29, 0.717) is 6.04 Å². The van der Waals surface area contributed by atoms with Gasteiger partial charge < -0.3 is 15.2 Å². The fourth-order valence-electron chi connectivity index (χ4n) is 3.85. The SMILES string of the molecule is CC(C)(C)OC(=O)Nc1ccc2c(c1)CCC2NC1CCCCC1O. The molecule has 3 N–H and O–H groups in total. The van der Waals surface area contributed by atoms with E-state index in [1.54, 1.807) is 0 Å². The summed E-state index contributed by atoms with van der Waals surface area (Å²) >= 11 is 0. The predicted octanol–water partition coefficient (Wildman–Crippen LogP) is 3.91.